The van der Waals surface area contributed by atoms with Crippen LogP contribution in [-0.2, 0) is 7.05 Å². The summed E-state index contributed by atoms with van der Waals surface area (Å²) in [5.74, 6) is -1.82. The second-order valence-electron chi connectivity index (χ2n) is 6.55. The molecule has 1 saturated heterocycles. The molecule has 1 aromatic carbocycles. The largest absolute Gasteiger partial charge is 0.387 e. The first kappa shape index (κ1) is 17.0. The van der Waals surface area contributed by atoms with Gasteiger partial charge in [0.15, 0.2) is 11.6 Å². The summed E-state index contributed by atoms with van der Waals surface area (Å²) in [5.41, 5.74) is 3.76. The molecule has 4 nitrogen and oxygen atoms in total. The van der Waals surface area contributed by atoms with E-state index < -0.39 is 17.7 Å². The van der Waals surface area contributed by atoms with Crippen molar-refractivity contribution < 1.29 is 13.9 Å². The maximum atomic E-state index is 13.4. The van der Waals surface area contributed by atoms with Crippen molar-refractivity contribution in [2.75, 3.05) is 13.1 Å². The zero-order valence-electron chi connectivity index (χ0n) is 14.3. The molecule has 0 radical (unpaired) electrons. The Morgan fingerprint density at radius 3 is 2.67 bits per heavy atom. The maximum absolute atomic E-state index is 13.4. The molecular weight excluding hydrogens is 312 g/mol. The topological polar surface area (TPSA) is 41.3 Å². The Balaban J connectivity index is 1.79. The smallest absolute Gasteiger partial charge is 0.159 e. The first-order valence-corrected chi connectivity index (χ1v) is 8.25. The van der Waals surface area contributed by atoms with Crippen LogP contribution in [0.25, 0.3) is 0 Å². The summed E-state index contributed by atoms with van der Waals surface area (Å²) >= 11 is 0. The minimum absolute atomic E-state index is 0.207. The monoisotopic (exact) mass is 335 g/mol. The van der Waals surface area contributed by atoms with Gasteiger partial charge in [-0.25, -0.2) is 8.78 Å². The quantitative estimate of drug-likeness (QED) is 0.933. The van der Waals surface area contributed by atoms with Gasteiger partial charge in [-0.15, -0.1) is 0 Å². The number of benzene rings is 1. The highest BCUT2D eigenvalue weighted by Crippen LogP contribution is 2.36. The third-order valence-electron chi connectivity index (χ3n) is 5.00. The number of aliphatic hydroxyl groups excluding tert-OH is 1. The van der Waals surface area contributed by atoms with E-state index >= 15 is 0 Å². The lowest BCUT2D eigenvalue weighted by Gasteiger charge is -2.27. The van der Waals surface area contributed by atoms with Gasteiger partial charge in [0, 0.05) is 30.9 Å². The molecule has 130 valence electrons. The predicted octanol–water partition coefficient (Wildman–Crippen LogP) is 3.19. The van der Waals surface area contributed by atoms with Crippen molar-refractivity contribution in [3.63, 3.8) is 0 Å². The molecule has 2 atom stereocenters. The van der Waals surface area contributed by atoms with E-state index in [0.717, 1.165) is 42.9 Å². The zero-order chi connectivity index (χ0) is 17.4. The number of aliphatic hydroxyl groups is 1. The molecule has 1 N–H and O–H groups in total. The van der Waals surface area contributed by atoms with Crippen molar-refractivity contribution in [3.8, 4) is 0 Å². The number of likely N-dealkylation sites (tertiary alicyclic amines) is 1. The summed E-state index contributed by atoms with van der Waals surface area (Å²) in [6, 6.07) is 3.78. The molecule has 0 bridgehead atoms. The number of aromatic nitrogens is 2. The van der Waals surface area contributed by atoms with E-state index in [-0.39, 0.29) is 6.04 Å². The Labute approximate surface area is 140 Å². The predicted molar refractivity (Wildman–Crippen MR) is 87.5 cm³/mol. The van der Waals surface area contributed by atoms with Crippen molar-refractivity contribution in [2.45, 2.75) is 38.8 Å². The Hall–Kier alpha value is -1.79. The van der Waals surface area contributed by atoms with Gasteiger partial charge in [0.05, 0.1) is 11.8 Å². The summed E-state index contributed by atoms with van der Waals surface area (Å²) in [6.45, 7) is 5.32. The van der Waals surface area contributed by atoms with Crippen LogP contribution in [0.3, 0.4) is 0 Å². The van der Waals surface area contributed by atoms with Gasteiger partial charge in [-0.1, -0.05) is 6.07 Å². The van der Waals surface area contributed by atoms with Gasteiger partial charge in [-0.2, -0.15) is 5.10 Å². The molecule has 0 saturated carbocycles. The number of nitrogens with zero attached hydrogens (tertiary/aromatic N) is 3. The Morgan fingerprint density at radius 2 is 2.04 bits per heavy atom. The molecule has 24 heavy (non-hydrogen) atoms. The lowest BCUT2D eigenvalue weighted by Crippen LogP contribution is -2.29. The van der Waals surface area contributed by atoms with Crippen LogP contribution < -0.4 is 0 Å². The number of hydrogen-bond donors (Lipinski definition) is 1. The lowest BCUT2D eigenvalue weighted by molar-refractivity contribution is 0.105. The van der Waals surface area contributed by atoms with Crippen LogP contribution in [0.5, 0.6) is 0 Å². The standard InChI is InChI=1S/C18H23F2N3O/c1-11-18(12(2)22(3)21-11)16-5-4-8-23(16)10-17(24)13-6-7-14(19)15(20)9-13/h6-7,9,16-17,24H,4-5,8,10H2,1-3H3. The van der Waals surface area contributed by atoms with Gasteiger partial charge < -0.3 is 5.11 Å². The summed E-state index contributed by atoms with van der Waals surface area (Å²) in [5, 5.41) is 14.9. The lowest BCUT2D eigenvalue weighted by atomic mass is 10.0. The summed E-state index contributed by atoms with van der Waals surface area (Å²) in [6.07, 6.45) is 1.21. The van der Waals surface area contributed by atoms with Gasteiger partial charge in [-0.3, -0.25) is 9.58 Å². The number of aryl methyl sites for hydroxylation is 2. The van der Waals surface area contributed by atoms with E-state index in [0.29, 0.717) is 12.1 Å². The molecule has 3 rings (SSSR count). The average Bonchev–Trinajstić information content (AvgIpc) is 3.07. The first-order valence-electron chi connectivity index (χ1n) is 8.25. The third kappa shape index (κ3) is 3.08. The fourth-order valence-corrected chi connectivity index (χ4v) is 3.69. The van der Waals surface area contributed by atoms with Crippen LogP contribution in [0.1, 0.15) is 47.5 Å². The molecule has 1 aliphatic heterocycles. The van der Waals surface area contributed by atoms with E-state index in [2.05, 4.69) is 16.9 Å². The summed E-state index contributed by atoms with van der Waals surface area (Å²) in [7, 11) is 1.93. The molecule has 1 aliphatic rings. The van der Waals surface area contributed by atoms with E-state index in [4.69, 9.17) is 0 Å². The van der Waals surface area contributed by atoms with Crippen LogP contribution in [0.2, 0.25) is 0 Å². The minimum atomic E-state index is -0.927. The SMILES string of the molecule is Cc1nn(C)c(C)c1C1CCCN1CC(O)c1ccc(F)c(F)c1. The van der Waals surface area contributed by atoms with Crippen LogP contribution in [0.15, 0.2) is 18.2 Å². The van der Waals surface area contributed by atoms with Crippen molar-refractivity contribution in [2.24, 2.45) is 7.05 Å². The fraction of sp³-hybridized carbons (Fsp3) is 0.500. The molecule has 2 heterocycles. The van der Waals surface area contributed by atoms with Crippen molar-refractivity contribution in [1.82, 2.24) is 14.7 Å². The van der Waals surface area contributed by atoms with E-state index in [1.165, 1.54) is 11.6 Å². The van der Waals surface area contributed by atoms with Crippen molar-refractivity contribution in [1.29, 1.82) is 0 Å². The first-order chi connectivity index (χ1) is 11.4. The Morgan fingerprint density at radius 1 is 1.29 bits per heavy atom. The normalized spacial score (nSPS) is 19.8. The maximum Gasteiger partial charge on any atom is 0.159 e. The number of halogens is 2. The van der Waals surface area contributed by atoms with E-state index in [9.17, 15) is 13.9 Å². The highest BCUT2D eigenvalue weighted by molar-refractivity contribution is 5.29. The number of β-amino-alcohol motifs (C(OH)–C–C–N with tert-alkyl or cyclic N) is 1. The molecule has 0 amide bonds. The molecule has 2 aromatic rings. The Bertz CT molecular complexity index is 744. The summed E-state index contributed by atoms with van der Waals surface area (Å²) in [4.78, 5) is 2.21. The summed E-state index contributed by atoms with van der Waals surface area (Å²) < 4.78 is 28.3. The molecule has 0 spiro atoms. The highest BCUT2D eigenvalue weighted by atomic mass is 19.2. The van der Waals surface area contributed by atoms with Crippen LogP contribution in [0, 0.1) is 25.5 Å². The third-order valence-corrected chi connectivity index (χ3v) is 5.00. The van der Waals surface area contributed by atoms with Crippen LogP contribution >= 0.6 is 0 Å². The van der Waals surface area contributed by atoms with E-state index in [1.54, 1.807) is 0 Å². The van der Waals surface area contributed by atoms with E-state index in [1.807, 2.05) is 18.7 Å². The van der Waals surface area contributed by atoms with Gasteiger partial charge in [0.1, 0.15) is 0 Å². The number of rotatable bonds is 4. The van der Waals surface area contributed by atoms with Crippen LogP contribution in [0.4, 0.5) is 8.78 Å². The van der Waals surface area contributed by atoms with Gasteiger partial charge in [0.2, 0.25) is 0 Å². The van der Waals surface area contributed by atoms with Gasteiger partial charge >= 0.3 is 0 Å². The van der Waals surface area contributed by atoms with Crippen molar-refractivity contribution >= 4 is 0 Å². The number of hydrogen-bond acceptors (Lipinski definition) is 3. The van der Waals surface area contributed by atoms with Crippen LogP contribution in [-0.4, -0.2) is 32.9 Å². The fourth-order valence-electron chi connectivity index (χ4n) is 3.69. The molecule has 2 unspecified atom stereocenters. The molecule has 0 aliphatic carbocycles. The van der Waals surface area contributed by atoms with Gasteiger partial charge in [-0.05, 0) is 50.9 Å². The highest BCUT2D eigenvalue weighted by Gasteiger charge is 2.31. The average molecular weight is 335 g/mol. The minimum Gasteiger partial charge on any atom is -0.387 e. The molecule has 1 fully saturated rings. The molecular formula is C18H23F2N3O. The second-order valence-corrected chi connectivity index (χ2v) is 6.55. The Kier molecular flexibility index (Phi) is 4.69. The van der Waals surface area contributed by atoms with Gasteiger partial charge in [0.25, 0.3) is 0 Å². The van der Waals surface area contributed by atoms with Crippen molar-refractivity contribution in [3.05, 3.63) is 52.3 Å². The molecule has 6 heteroatoms. The molecule has 1 aromatic heterocycles. The zero-order valence-corrected chi connectivity index (χ0v) is 14.3. The second kappa shape index (κ2) is 6.61.